The predicted molar refractivity (Wildman–Crippen MR) is 129 cm³/mol. The first-order valence-electron chi connectivity index (χ1n) is 12.0. The zero-order valence-electron chi connectivity index (χ0n) is 19.8. The van der Waals surface area contributed by atoms with Crippen molar-refractivity contribution in [2.75, 3.05) is 11.4 Å². The van der Waals surface area contributed by atoms with Gasteiger partial charge in [-0.1, -0.05) is 42.0 Å². The first-order chi connectivity index (χ1) is 16.8. The van der Waals surface area contributed by atoms with Crippen molar-refractivity contribution < 1.29 is 23.9 Å². The van der Waals surface area contributed by atoms with Crippen LogP contribution in [-0.2, 0) is 19.2 Å². The van der Waals surface area contributed by atoms with E-state index < -0.39 is 11.9 Å². The number of imide groups is 1. The van der Waals surface area contributed by atoms with Crippen LogP contribution in [0.2, 0.25) is 0 Å². The van der Waals surface area contributed by atoms with E-state index in [2.05, 4.69) is 0 Å². The number of hydrogen-bond donors (Lipinski definition) is 0. The SMILES string of the molecule is CC1=CC[C@@H]2C(=O)N(c3ccc(OC(=O)[C@@H]4CC(=O)N([C@@H](C)c5ccccc5)C4)cc3)C(=O)[C@@H]2C1. The third kappa shape index (κ3) is 4.27. The van der Waals surface area contributed by atoms with E-state index in [0.29, 0.717) is 30.8 Å². The Morgan fingerprint density at radius 2 is 1.63 bits per heavy atom. The van der Waals surface area contributed by atoms with Gasteiger partial charge in [-0.15, -0.1) is 0 Å². The van der Waals surface area contributed by atoms with E-state index in [4.69, 9.17) is 4.74 Å². The number of fused-ring (bicyclic) bond motifs is 1. The van der Waals surface area contributed by atoms with Crippen molar-refractivity contribution in [1.29, 1.82) is 0 Å². The molecule has 2 heterocycles. The van der Waals surface area contributed by atoms with Gasteiger partial charge in [0.25, 0.3) is 0 Å². The van der Waals surface area contributed by atoms with Crippen LogP contribution in [0.3, 0.4) is 0 Å². The van der Waals surface area contributed by atoms with Crippen molar-refractivity contribution in [3.8, 4) is 5.75 Å². The fourth-order valence-electron chi connectivity index (χ4n) is 5.33. The molecule has 0 saturated carbocycles. The Bertz CT molecular complexity index is 1200. The van der Waals surface area contributed by atoms with E-state index in [-0.39, 0.29) is 42.0 Å². The van der Waals surface area contributed by atoms with E-state index in [9.17, 15) is 19.2 Å². The van der Waals surface area contributed by atoms with Crippen LogP contribution >= 0.6 is 0 Å². The van der Waals surface area contributed by atoms with Gasteiger partial charge in [0.15, 0.2) is 0 Å². The van der Waals surface area contributed by atoms with Gasteiger partial charge < -0.3 is 9.64 Å². The molecule has 1 aliphatic carbocycles. The molecule has 2 aromatic carbocycles. The average molecular weight is 473 g/mol. The Hall–Kier alpha value is -3.74. The van der Waals surface area contributed by atoms with Crippen molar-refractivity contribution in [2.24, 2.45) is 17.8 Å². The standard InChI is InChI=1S/C28H28N2O5/c1-17-8-13-23-24(14-17)27(33)30(26(23)32)21-9-11-22(12-10-21)35-28(34)20-15-25(31)29(16-20)18(2)19-6-4-3-5-7-19/h3-12,18,20,23-24H,13-16H2,1-2H3/t18-,20+,23-,24+/m0/s1. The molecule has 2 aliphatic heterocycles. The fourth-order valence-corrected chi connectivity index (χ4v) is 5.33. The average Bonchev–Trinajstić information content (AvgIpc) is 3.37. The lowest BCUT2D eigenvalue weighted by molar-refractivity contribution is -0.139. The summed E-state index contributed by atoms with van der Waals surface area (Å²) in [6.45, 7) is 4.24. The van der Waals surface area contributed by atoms with Crippen LogP contribution in [0.25, 0.3) is 0 Å². The van der Waals surface area contributed by atoms with Gasteiger partial charge in [-0.05, 0) is 56.5 Å². The molecule has 7 heteroatoms. The number of hydrogen-bond acceptors (Lipinski definition) is 5. The number of amides is 3. The minimum atomic E-state index is -0.547. The minimum Gasteiger partial charge on any atom is -0.426 e. The van der Waals surface area contributed by atoms with Gasteiger partial charge in [-0.2, -0.15) is 0 Å². The first kappa shape index (κ1) is 23.0. The van der Waals surface area contributed by atoms with E-state index >= 15 is 0 Å². The minimum absolute atomic E-state index is 0.0732. The maximum atomic E-state index is 12.9. The monoisotopic (exact) mass is 472 g/mol. The largest absolute Gasteiger partial charge is 0.426 e. The number of esters is 1. The predicted octanol–water partition coefficient (Wildman–Crippen LogP) is 4.05. The molecule has 2 fully saturated rings. The summed E-state index contributed by atoms with van der Waals surface area (Å²) in [5, 5.41) is 0. The summed E-state index contributed by atoms with van der Waals surface area (Å²) in [7, 11) is 0. The highest BCUT2D eigenvalue weighted by atomic mass is 16.5. The Morgan fingerprint density at radius 1 is 0.943 bits per heavy atom. The number of rotatable bonds is 5. The van der Waals surface area contributed by atoms with E-state index in [1.807, 2.05) is 50.3 Å². The number of carbonyl (C=O) groups excluding carboxylic acids is 4. The lowest BCUT2D eigenvalue weighted by atomic mass is 9.82. The van der Waals surface area contributed by atoms with Crippen LogP contribution in [0, 0.1) is 17.8 Å². The Kier molecular flexibility index (Phi) is 6.01. The molecule has 3 amide bonds. The molecule has 5 rings (SSSR count). The van der Waals surface area contributed by atoms with Gasteiger partial charge in [-0.25, -0.2) is 0 Å². The second-order valence-electron chi connectivity index (χ2n) is 9.66. The molecule has 0 spiro atoms. The topological polar surface area (TPSA) is 84.0 Å². The number of ether oxygens (including phenoxy) is 1. The van der Waals surface area contributed by atoms with Gasteiger partial charge >= 0.3 is 5.97 Å². The van der Waals surface area contributed by atoms with Crippen LogP contribution in [0.4, 0.5) is 5.69 Å². The van der Waals surface area contributed by atoms with E-state index in [1.54, 1.807) is 29.2 Å². The molecule has 2 aromatic rings. The number of allylic oxidation sites excluding steroid dienone is 2. The molecule has 0 unspecified atom stereocenters. The Morgan fingerprint density at radius 3 is 2.34 bits per heavy atom. The van der Waals surface area contributed by atoms with Crippen molar-refractivity contribution >= 4 is 29.4 Å². The van der Waals surface area contributed by atoms with Crippen LogP contribution in [0.5, 0.6) is 5.75 Å². The third-order valence-electron chi connectivity index (χ3n) is 7.38. The van der Waals surface area contributed by atoms with Crippen LogP contribution in [0.15, 0.2) is 66.2 Å². The third-order valence-corrected chi connectivity index (χ3v) is 7.38. The number of nitrogens with zero attached hydrogens (tertiary/aromatic N) is 2. The van der Waals surface area contributed by atoms with Gasteiger partial charge in [0.05, 0.1) is 29.5 Å². The number of benzene rings is 2. The Labute approximate surface area is 204 Å². The number of likely N-dealkylation sites (tertiary alicyclic amines) is 1. The van der Waals surface area contributed by atoms with Crippen molar-refractivity contribution in [3.63, 3.8) is 0 Å². The molecule has 0 aromatic heterocycles. The summed E-state index contributed by atoms with van der Waals surface area (Å²) in [4.78, 5) is 54.1. The highest BCUT2D eigenvalue weighted by Gasteiger charge is 2.48. The summed E-state index contributed by atoms with van der Waals surface area (Å²) in [6, 6.07) is 16.0. The lowest BCUT2D eigenvalue weighted by Crippen LogP contribution is -2.31. The summed E-state index contributed by atoms with van der Waals surface area (Å²) >= 11 is 0. The quantitative estimate of drug-likeness (QED) is 0.284. The number of carbonyl (C=O) groups is 4. The maximum Gasteiger partial charge on any atom is 0.316 e. The van der Waals surface area contributed by atoms with Gasteiger partial charge in [0, 0.05) is 13.0 Å². The first-order valence-corrected chi connectivity index (χ1v) is 12.0. The zero-order chi connectivity index (χ0) is 24.7. The van der Waals surface area contributed by atoms with Crippen LogP contribution in [0.1, 0.15) is 44.7 Å². The van der Waals surface area contributed by atoms with Gasteiger partial charge in [0.1, 0.15) is 5.75 Å². The van der Waals surface area contributed by atoms with Crippen LogP contribution < -0.4 is 9.64 Å². The molecule has 180 valence electrons. The highest BCUT2D eigenvalue weighted by Crippen LogP contribution is 2.40. The summed E-state index contributed by atoms with van der Waals surface area (Å²) in [6.07, 6.45) is 3.35. The van der Waals surface area contributed by atoms with Gasteiger partial charge in [0.2, 0.25) is 17.7 Å². The summed E-state index contributed by atoms with van der Waals surface area (Å²) in [5.41, 5.74) is 2.63. The molecular formula is C28H28N2O5. The molecule has 4 atom stereocenters. The maximum absolute atomic E-state index is 12.9. The van der Waals surface area contributed by atoms with Gasteiger partial charge in [-0.3, -0.25) is 24.1 Å². The molecule has 3 aliphatic rings. The second kappa shape index (κ2) is 9.13. The molecule has 0 radical (unpaired) electrons. The number of anilines is 1. The lowest BCUT2D eigenvalue weighted by Gasteiger charge is -2.25. The Balaban J connectivity index is 1.23. The fraction of sp³-hybridized carbons (Fsp3) is 0.357. The summed E-state index contributed by atoms with van der Waals surface area (Å²) in [5.74, 6) is -1.72. The smallest absolute Gasteiger partial charge is 0.316 e. The normalized spacial score (nSPS) is 24.9. The van der Waals surface area contributed by atoms with Crippen molar-refractivity contribution in [1.82, 2.24) is 4.90 Å². The second-order valence-corrected chi connectivity index (χ2v) is 9.66. The highest BCUT2D eigenvalue weighted by molar-refractivity contribution is 6.22. The molecule has 7 nitrogen and oxygen atoms in total. The van der Waals surface area contributed by atoms with Crippen molar-refractivity contribution in [2.45, 2.75) is 39.2 Å². The molecule has 0 N–H and O–H groups in total. The molecular weight excluding hydrogens is 444 g/mol. The molecule has 35 heavy (non-hydrogen) atoms. The summed E-state index contributed by atoms with van der Waals surface area (Å²) < 4.78 is 5.55. The van der Waals surface area contributed by atoms with Crippen LogP contribution in [-0.4, -0.2) is 35.1 Å². The van der Waals surface area contributed by atoms with Crippen molar-refractivity contribution in [3.05, 3.63) is 71.8 Å². The zero-order valence-corrected chi connectivity index (χ0v) is 19.8. The van der Waals surface area contributed by atoms with E-state index in [0.717, 1.165) is 11.1 Å². The van der Waals surface area contributed by atoms with E-state index in [1.165, 1.54) is 4.90 Å². The molecule has 2 saturated heterocycles. The molecule has 0 bridgehead atoms.